The minimum atomic E-state index is 0. The van der Waals surface area contributed by atoms with E-state index in [1.54, 1.807) is 6.26 Å². The van der Waals surface area contributed by atoms with Crippen LogP contribution in [0.4, 0.5) is 5.69 Å². The number of guanidine groups is 1. The normalized spacial score (nSPS) is 15.6. The molecule has 1 aliphatic heterocycles. The van der Waals surface area contributed by atoms with Gasteiger partial charge in [-0.1, -0.05) is 12.1 Å². The van der Waals surface area contributed by atoms with Crippen molar-refractivity contribution in [2.75, 3.05) is 45.2 Å². The van der Waals surface area contributed by atoms with Crippen LogP contribution in [0.5, 0.6) is 0 Å². The summed E-state index contributed by atoms with van der Waals surface area (Å²) in [6.45, 7) is 6.60. The van der Waals surface area contributed by atoms with Crippen molar-refractivity contribution < 1.29 is 4.42 Å². The van der Waals surface area contributed by atoms with Gasteiger partial charge < -0.3 is 20.0 Å². The van der Waals surface area contributed by atoms with Crippen molar-refractivity contribution in [2.24, 2.45) is 4.99 Å². The third kappa shape index (κ3) is 6.92. The molecule has 7 heteroatoms. The van der Waals surface area contributed by atoms with Crippen LogP contribution in [0.2, 0.25) is 0 Å². The van der Waals surface area contributed by atoms with E-state index in [0.717, 1.165) is 37.9 Å². The number of nitrogens with one attached hydrogen (secondary N) is 2. The summed E-state index contributed by atoms with van der Waals surface area (Å²) in [5.74, 6) is 1.86. The number of hydrogen-bond donors (Lipinski definition) is 2. The SMILES string of the molecule is CCNC(=NCc1ccc(N(C)C)cc1)NCC(c1ccco1)N1CCCC1.I. The molecule has 6 nitrogen and oxygen atoms in total. The fourth-order valence-corrected chi connectivity index (χ4v) is 3.55. The molecule has 0 aliphatic carbocycles. The van der Waals surface area contributed by atoms with Gasteiger partial charge in [0.1, 0.15) is 5.76 Å². The van der Waals surface area contributed by atoms with Gasteiger partial charge in [-0.05, 0) is 62.7 Å². The number of hydrogen-bond acceptors (Lipinski definition) is 4. The highest BCUT2D eigenvalue weighted by molar-refractivity contribution is 14.0. The molecule has 1 aliphatic rings. The molecule has 1 unspecified atom stereocenters. The monoisotopic (exact) mass is 511 g/mol. The molecule has 0 saturated carbocycles. The summed E-state index contributed by atoms with van der Waals surface area (Å²) >= 11 is 0. The van der Waals surface area contributed by atoms with E-state index in [0.29, 0.717) is 6.54 Å². The fourth-order valence-electron chi connectivity index (χ4n) is 3.55. The first-order valence-electron chi connectivity index (χ1n) is 10.2. The first kappa shape index (κ1) is 23.5. The molecule has 0 bridgehead atoms. The van der Waals surface area contributed by atoms with Gasteiger partial charge in [0.05, 0.1) is 18.8 Å². The van der Waals surface area contributed by atoms with Gasteiger partial charge in [0.2, 0.25) is 0 Å². The molecule has 1 aromatic carbocycles. The standard InChI is InChI=1S/C22H33N5O.HI/c1-4-23-22(24-16-18-9-11-19(12-10-18)26(2)3)25-17-20(21-8-7-15-28-21)27-13-5-6-14-27;/h7-12,15,20H,4-6,13-14,16-17H2,1-3H3,(H2,23,24,25);1H. The van der Waals surface area contributed by atoms with Crippen molar-refractivity contribution >= 4 is 35.6 Å². The topological polar surface area (TPSA) is 56.0 Å². The summed E-state index contributed by atoms with van der Waals surface area (Å²) in [4.78, 5) is 9.37. The third-order valence-corrected chi connectivity index (χ3v) is 5.13. The van der Waals surface area contributed by atoms with Crippen LogP contribution in [0.15, 0.2) is 52.1 Å². The molecule has 1 saturated heterocycles. The van der Waals surface area contributed by atoms with Gasteiger partial charge in [-0.15, -0.1) is 24.0 Å². The minimum absolute atomic E-state index is 0. The van der Waals surface area contributed by atoms with Gasteiger partial charge in [-0.2, -0.15) is 0 Å². The van der Waals surface area contributed by atoms with E-state index in [1.807, 2.05) is 6.07 Å². The van der Waals surface area contributed by atoms with Crippen molar-refractivity contribution in [1.29, 1.82) is 0 Å². The quantitative estimate of drug-likeness (QED) is 0.321. The number of aliphatic imine (C=N–C) groups is 1. The first-order valence-corrected chi connectivity index (χ1v) is 10.2. The smallest absolute Gasteiger partial charge is 0.191 e. The lowest BCUT2D eigenvalue weighted by molar-refractivity contribution is 0.215. The van der Waals surface area contributed by atoms with Crippen molar-refractivity contribution in [3.8, 4) is 0 Å². The fraction of sp³-hybridized carbons (Fsp3) is 0.500. The molecule has 2 heterocycles. The van der Waals surface area contributed by atoms with Crippen LogP contribution in [-0.4, -0.2) is 51.1 Å². The van der Waals surface area contributed by atoms with Crippen LogP contribution in [0.25, 0.3) is 0 Å². The third-order valence-electron chi connectivity index (χ3n) is 5.13. The number of halogens is 1. The molecule has 3 rings (SSSR count). The Labute approximate surface area is 191 Å². The Bertz CT molecular complexity index is 724. The second-order valence-electron chi connectivity index (χ2n) is 7.41. The zero-order chi connectivity index (χ0) is 19.8. The van der Waals surface area contributed by atoms with Crippen LogP contribution < -0.4 is 15.5 Å². The van der Waals surface area contributed by atoms with E-state index in [-0.39, 0.29) is 30.0 Å². The number of anilines is 1. The van der Waals surface area contributed by atoms with E-state index >= 15 is 0 Å². The Balaban J connectivity index is 0.00000300. The lowest BCUT2D eigenvalue weighted by Gasteiger charge is -2.26. The molecule has 2 N–H and O–H groups in total. The number of nitrogens with zero attached hydrogens (tertiary/aromatic N) is 3. The average molecular weight is 511 g/mol. The number of benzene rings is 1. The Morgan fingerprint density at radius 1 is 1.14 bits per heavy atom. The van der Waals surface area contributed by atoms with E-state index in [1.165, 1.54) is 24.1 Å². The highest BCUT2D eigenvalue weighted by Crippen LogP contribution is 2.24. The van der Waals surface area contributed by atoms with Gasteiger partial charge in [0.15, 0.2) is 5.96 Å². The van der Waals surface area contributed by atoms with Crippen molar-refractivity contribution in [2.45, 2.75) is 32.4 Å². The summed E-state index contributed by atoms with van der Waals surface area (Å²) in [5.41, 5.74) is 2.40. The maximum atomic E-state index is 5.71. The second-order valence-corrected chi connectivity index (χ2v) is 7.41. The van der Waals surface area contributed by atoms with Gasteiger partial charge in [-0.3, -0.25) is 4.90 Å². The molecule has 1 fully saturated rings. The summed E-state index contributed by atoms with van der Waals surface area (Å²) in [6, 6.07) is 12.8. The zero-order valence-corrected chi connectivity index (χ0v) is 20.1. The molecule has 1 atom stereocenters. The summed E-state index contributed by atoms with van der Waals surface area (Å²) in [6.07, 6.45) is 4.28. The lowest BCUT2D eigenvalue weighted by Crippen LogP contribution is -2.42. The van der Waals surface area contributed by atoms with E-state index in [9.17, 15) is 0 Å². The Morgan fingerprint density at radius 3 is 2.45 bits per heavy atom. The molecular formula is C22H34IN5O. The molecule has 0 spiro atoms. The predicted molar refractivity (Wildman–Crippen MR) is 131 cm³/mol. The molecule has 160 valence electrons. The van der Waals surface area contributed by atoms with Crippen LogP contribution in [0.1, 0.15) is 37.1 Å². The molecular weight excluding hydrogens is 477 g/mol. The highest BCUT2D eigenvalue weighted by atomic mass is 127. The van der Waals surface area contributed by atoms with Crippen LogP contribution in [0, 0.1) is 0 Å². The van der Waals surface area contributed by atoms with Gasteiger partial charge in [0, 0.05) is 32.9 Å². The van der Waals surface area contributed by atoms with Gasteiger partial charge in [-0.25, -0.2) is 4.99 Å². The van der Waals surface area contributed by atoms with Crippen molar-refractivity contribution in [3.05, 3.63) is 54.0 Å². The van der Waals surface area contributed by atoms with Gasteiger partial charge >= 0.3 is 0 Å². The Hall–Kier alpha value is -1.74. The van der Waals surface area contributed by atoms with Crippen LogP contribution >= 0.6 is 24.0 Å². The van der Waals surface area contributed by atoms with Crippen molar-refractivity contribution in [1.82, 2.24) is 15.5 Å². The molecule has 1 aromatic heterocycles. The number of likely N-dealkylation sites (tertiary alicyclic amines) is 1. The summed E-state index contributed by atoms with van der Waals surface area (Å²) in [5, 5.41) is 6.87. The number of furan rings is 1. The minimum Gasteiger partial charge on any atom is -0.468 e. The first-order chi connectivity index (χ1) is 13.7. The summed E-state index contributed by atoms with van der Waals surface area (Å²) in [7, 11) is 4.10. The maximum Gasteiger partial charge on any atom is 0.191 e. The molecule has 0 amide bonds. The Morgan fingerprint density at radius 2 is 1.86 bits per heavy atom. The summed E-state index contributed by atoms with van der Waals surface area (Å²) < 4.78 is 5.71. The second kappa shape index (κ2) is 12.1. The average Bonchev–Trinajstić information content (AvgIpc) is 3.41. The van der Waals surface area contributed by atoms with Crippen molar-refractivity contribution in [3.63, 3.8) is 0 Å². The zero-order valence-electron chi connectivity index (χ0n) is 17.7. The molecule has 0 radical (unpaired) electrons. The van der Waals surface area contributed by atoms with Crippen LogP contribution in [0.3, 0.4) is 0 Å². The Kier molecular flexibility index (Phi) is 9.80. The molecule has 29 heavy (non-hydrogen) atoms. The van der Waals surface area contributed by atoms with E-state index < -0.39 is 0 Å². The largest absolute Gasteiger partial charge is 0.468 e. The van der Waals surface area contributed by atoms with Gasteiger partial charge in [0.25, 0.3) is 0 Å². The van der Waals surface area contributed by atoms with E-state index in [4.69, 9.17) is 9.41 Å². The number of rotatable bonds is 8. The predicted octanol–water partition coefficient (Wildman–Crippen LogP) is 3.86. The molecule has 2 aromatic rings. The lowest BCUT2D eigenvalue weighted by atomic mass is 10.2. The van der Waals surface area contributed by atoms with Crippen LogP contribution in [-0.2, 0) is 6.54 Å². The maximum absolute atomic E-state index is 5.71. The van der Waals surface area contributed by atoms with E-state index in [2.05, 4.69) is 71.8 Å². The highest BCUT2D eigenvalue weighted by Gasteiger charge is 2.25.